The first kappa shape index (κ1) is 13.9. The molecule has 0 aliphatic heterocycles. The zero-order valence-electron chi connectivity index (χ0n) is 5.81. The summed E-state index contributed by atoms with van der Waals surface area (Å²) in [5.41, 5.74) is 1.25. The van der Waals surface area contributed by atoms with E-state index < -0.39 is 0 Å². The molecule has 2 aromatic heterocycles. The van der Waals surface area contributed by atoms with Gasteiger partial charge in [-0.2, -0.15) is 0 Å². The summed E-state index contributed by atoms with van der Waals surface area (Å²) in [5.74, 6) is 0. The Labute approximate surface area is 85.2 Å². The van der Waals surface area contributed by atoms with E-state index in [4.69, 9.17) is 0 Å². The van der Waals surface area contributed by atoms with Gasteiger partial charge in [-0.3, -0.25) is 0 Å². The molecule has 12 heavy (non-hydrogen) atoms. The summed E-state index contributed by atoms with van der Waals surface area (Å²) in [5, 5.41) is 0. The quantitative estimate of drug-likeness (QED) is 0.622. The van der Waals surface area contributed by atoms with E-state index in [-0.39, 0.29) is 32.2 Å². The van der Waals surface area contributed by atoms with Crippen LogP contribution in [0.1, 0.15) is 7.43 Å². The van der Waals surface area contributed by atoms with Crippen LogP contribution in [-0.2, 0) is 0 Å². The monoisotopic (exact) mass is 205 g/mol. The van der Waals surface area contributed by atoms with Gasteiger partial charge in [-0.05, 0) is 24.3 Å². The van der Waals surface area contributed by atoms with Crippen molar-refractivity contribution in [3.8, 4) is 0 Å². The lowest BCUT2D eigenvalue weighted by atomic mass is 10.4. The van der Waals surface area contributed by atoms with Crippen molar-refractivity contribution < 1.29 is 0 Å². The third-order valence-corrected chi connectivity index (χ3v) is 1.44. The third-order valence-electron chi connectivity index (χ3n) is 1.44. The normalized spacial score (nSPS) is 7.67. The SMILES string of the molecule is C.Cl.Cl.c1ccn2cccc2c1. The summed E-state index contributed by atoms with van der Waals surface area (Å²) < 4.78 is 2.08. The lowest BCUT2D eigenvalue weighted by Crippen LogP contribution is -1.75. The number of rotatable bonds is 0. The van der Waals surface area contributed by atoms with Crippen molar-refractivity contribution in [2.45, 2.75) is 7.43 Å². The van der Waals surface area contributed by atoms with Crippen molar-refractivity contribution in [1.29, 1.82) is 0 Å². The van der Waals surface area contributed by atoms with Crippen LogP contribution in [0.5, 0.6) is 0 Å². The molecule has 0 saturated carbocycles. The molecule has 0 radical (unpaired) electrons. The topological polar surface area (TPSA) is 4.41 Å². The molecule has 0 fully saturated rings. The number of nitrogens with zero attached hydrogens (tertiary/aromatic N) is 1. The number of fused-ring (bicyclic) bond motifs is 1. The second kappa shape index (κ2) is 5.92. The molecule has 0 N–H and O–H groups in total. The third kappa shape index (κ3) is 2.43. The Hall–Kier alpha value is -0.660. The lowest BCUT2D eigenvalue weighted by Gasteiger charge is -1.88. The van der Waals surface area contributed by atoms with Crippen LogP contribution in [0.3, 0.4) is 0 Å². The molecular formula is C9H13Cl2N. The first-order chi connectivity index (χ1) is 4.47. The first-order valence-electron chi connectivity index (χ1n) is 2.98. The minimum atomic E-state index is 0. The van der Waals surface area contributed by atoms with Crippen molar-refractivity contribution in [3.63, 3.8) is 0 Å². The van der Waals surface area contributed by atoms with Crippen molar-refractivity contribution >= 4 is 30.3 Å². The zero-order valence-corrected chi connectivity index (χ0v) is 7.44. The summed E-state index contributed by atoms with van der Waals surface area (Å²) in [7, 11) is 0. The van der Waals surface area contributed by atoms with Crippen LogP contribution in [0.15, 0.2) is 42.7 Å². The maximum Gasteiger partial charge on any atom is 0.0449 e. The van der Waals surface area contributed by atoms with Crippen LogP contribution < -0.4 is 0 Å². The molecule has 0 aromatic carbocycles. The molecule has 0 saturated heterocycles. The molecule has 0 bridgehead atoms. The fourth-order valence-electron chi connectivity index (χ4n) is 0.980. The minimum Gasteiger partial charge on any atom is -0.324 e. The van der Waals surface area contributed by atoms with Gasteiger partial charge in [0.15, 0.2) is 0 Å². The Morgan fingerprint density at radius 1 is 0.833 bits per heavy atom. The Balaban J connectivity index is 0. The molecule has 2 rings (SSSR count). The Morgan fingerprint density at radius 2 is 1.42 bits per heavy atom. The predicted molar refractivity (Wildman–Crippen MR) is 58.6 cm³/mol. The highest BCUT2D eigenvalue weighted by Gasteiger charge is 1.83. The molecule has 68 valence electrons. The van der Waals surface area contributed by atoms with Gasteiger partial charge in [0.05, 0.1) is 0 Å². The van der Waals surface area contributed by atoms with Crippen LogP contribution in [0.25, 0.3) is 5.52 Å². The maximum atomic E-state index is 2.08. The summed E-state index contributed by atoms with van der Waals surface area (Å²) in [6, 6.07) is 10.3. The van der Waals surface area contributed by atoms with E-state index in [0.717, 1.165) is 0 Å². The maximum absolute atomic E-state index is 2.08. The molecular weight excluding hydrogens is 193 g/mol. The smallest absolute Gasteiger partial charge is 0.0449 e. The van der Waals surface area contributed by atoms with Crippen molar-refractivity contribution in [2.75, 3.05) is 0 Å². The Bertz CT molecular complexity index is 287. The largest absolute Gasteiger partial charge is 0.324 e. The predicted octanol–water partition coefficient (Wildman–Crippen LogP) is 3.42. The summed E-state index contributed by atoms with van der Waals surface area (Å²) in [4.78, 5) is 0. The van der Waals surface area contributed by atoms with E-state index in [1.165, 1.54) is 5.52 Å². The van der Waals surface area contributed by atoms with Crippen LogP contribution in [0.2, 0.25) is 0 Å². The number of hydrogen-bond donors (Lipinski definition) is 0. The number of pyridine rings is 1. The Morgan fingerprint density at radius 3 is 2.08 bits per heavy atom. The van der Waals surface area contributed by atoms with Gasteiger partial charge >= 0.3 is 0 Å². The first-order valence-corrected chi connectivity index (χ1v) is 2.98. The van der Waals surface area contributed by atoms with Crippen LogP contribution in [0, 0.1) is 0 Å². The van der Waals surface area contributed by atoms with Crippen molar-refractivity contribution in [3.05, 3.63) is 42.7 Å². The molecule has 3 heteroatoms. The standard InChI is InChI=1S/C8H7N.CH4.2ClH/c1-2-6-9-7-3-5-8(9)4-1;;;/h1-7H;1H4;2*1H. The molecule has 0 unspecified atom stereocenters. The molecule has 0 spiro atoms. The van der Waals surface area contributed by atoms with E-state index in [1.54, 1.807) is 0 Å². The summed E-state index contributed by atoms with van der Waals surface area (Å²) in [6.07, 6.45) is 4.07. The van der Waals surface area contributed by atoms with Gasteiger partial charge in [0.2, 0.25) is 0 Å². The molecule has 0 aliphatic carbocycles. The average Bonchev–Trinajstić information content (AvgIpc) is 2.33. The van der Waals surface area contributed by atoms with Crippen molar-refractivity contribution in [2.24, 2.45) is 0 Å². The summed E-state index contributed by atoms with van der Waals surface area (Å²) in [6.45, 7) is 0. The second-order valence-electron chi connectivity index (χ2n) is 2.04. The highest BCUT2D eigenvalue weighted by Crippen LogP contribution is 2.01. The van der Waals surface area contributed by atoms with Crippen molar-refractivity contribution in [1.82, 2.24) is 4.40 Å². The van der Waals surface area contributed by atoms with Gasteiger partial charge < -0.3 is 4.40 Å². The molecule has 2 aromatic rings. The lowest BCUT2D eigenvalue weighted by molar-refractivity contribution is 1.20. The average molecular weight is 206 g/mol. The fourth-order valence-corrected chi connectivity index (χ4v) is 0.980. The van der Waals surface area contributed by atoms with Gasteiger partial charge in [-0.1, -0.05) is 13.5 Å². The van der Waals surface area contributed by atoms with E-state index in [2.05, 4.69) is 16.5 Å². The van der Waals surface area contributed by atoms with Gasteiger partial charge in [-0.15, -0.1) is 24.8 Å². The molecule has 1 nitrogen and oxygen atoms in total. The van der Waals surface area contributed by atoms with E-state index in [0.29, 0.717) is 0 Å². The van der Waals surface area contributed by atoms with E-state index in [1.807, 2.05) is 30.6 Å². The van der Waals surface area contributed by atoms with Gasteiger partial charge in [-0.25, -0.2) is 0 Å². The second-order valence-corrected chi connectivity index (χ2v) is 2.04. The zero-order chi connectivity index (χ0) is 6.10. The molecule has 0 amide bonds. The molecule has 0 aliphatic rings. The highest BCUT2D eigenvalue weighted by molar-refractivity contribution is 5.85. The van der Waals surface area contributed by atoms with Gasteiger partial charge in [0, 0.05) is 17.9 Å². The van der Waals surface area contributed by atoms with Crippen LogP contribution in [0.4, 0.5) is 0 Å². The van der Waals surface area contributed by atoms with Crippen LogP contribution >= 0.6 is 24.8 Å². The number of halogens is 2. The highest BCUT2D eigenvalue weighted by atomic mass is 35.5. The van der Waals surface area contributed by atoms with Crippen LogP contribution in [-0.4, -0.2) is 4.40 Å². The fraction of sp³-hybridized carbons (Fsp3) is 0.111. The minimum absolute atomic E-state index is 0. The van der Waals surface area contributed by atoms with E-state index >= 15 is 0 Å². The Kier molecular flexibility index (Phi) is 6.86. The number of aromatic nitrogens is 1. The van der Waals surface area contributed by atoms with Gasteiger partial charge in [0.25, 0.3) is 0 Å². The molecule has 2 heterocycles. The number of hydrogen-bond acceptors (Lipinski definition) is 0. The van der Waals surface area contributed by atoms with E-state index in [9.17, 15) is 0 Å². The van der Waals surface area contributed by atoms with Gasteiger partial charge in [0.1, 0.15) is 0 Å². The molecule has 0 atom stereocenters. The summed E-state index contributed by atoms with van der Waals surface area (Å²) >= 11 is 0.